The summed E-state index contributed by atoms with van der Waals surface area (Å²) in [4.78, 5) is 29.1. The molecule has 108 valence electrons. The lowest BCUT2D eigenvalue weighted by atomic mass is 9.96. The van der Waals surface area contributed by atoms with Crippen molar-refractivity contribution in [2.45, 2.75) is 19.8 Å². The van der Waals surface area contributed by atoms with E-state index in [9.17, 15) is 14.7 Å². The molecule has 6 heteroatoms. The van der Waals surface area contributed by atoms with Crippen molar-refractivity contribution in [1.29, 1.82) is 0 Å². The summed E-state index contributed by atoms with van der Waals surface area (Å²) in [5, 5.41) is 11.9. The van der Waals surface area contributed by atoms with Gasteiger partial charge in [0.25, 0.3) is 0 Å². The third kappa shape index (κ3) is 2.89. The van der Waals surface area contributed by atoms with E-state index in [0.29, 0.717) is 12.2 Å². The fraction of sp³-hybridized carbons (Fsp3) is 0.500. The van der Waals surface area contributed by atoms with Gasteiger partial charge in [0.15, 0.2) is 0 Å². The fourth-order valence-corrected chi connectivity index (χ4v) is 2.59. The van der Waals surface area contributed by atoms with Crippen LogP contribution in [0.25, 0.3) is 0 Å². The van der Waals surface area contributed by atoms with Crippen molar-refractivity contribution >= 4 is 17.6 Å². The number of amides is 1. The highest BCUT2D eigenvalue weighted by atomic mass is 16.4. The summed E-state index contributed by atoms with van der Waals surface area (Å²) >= 11 is 0. The molecular formula is C14H19N3O3. The second-order valence-electron chi connectivity index (χ2n) is 5.05. The summed E-state index contributed by atoms with van der Waals surface area (Å²) in [6.45, 7) is 3.13. The van der Waals surface area contributed by atoms with Crippen molar-refractivity contribution in [3.8, 4) is 0 Å². The molecule has 1 aliphatic rings. The first kappa shape index (κ1) is 14.3. The number of carboxylic acids is 1. The Kier molecular flexibility index (Phi) is 4.22. The highest BCUT2D eigenvalue weighted by Crippen LogP contribution is 2.27. The lowest BCUT2D eigenvalue weighted by molar-refractivity contribution is -0.124. The molecule has 1 aromatic heterocycles. The van der Waals surface area contributed by atoms with Crippen LogP contribution in [0.2, 0.25) is 0 Å². The molecule has 0 spiro atoms. The van der Waals surface area contributed by atoms with Crippen molar-refractivity contribution in [2.75, 3.05) is 25.0 Å². The number of carbonyl (C=O) groups is 2. The highest BCUT2D eigenvalue weighted by molar-refractivity contribution is 5.94. The van der Waals surface area contributed by atoms with Gasteiger partial charge >= 0.3 is 5.97 Å². The SMILES string of the molecule is CNC(=O)C1CCCN(c2cc(C)ncc2C(=O)O)C1. The van der Waals surface area contributed by atoms with E-state index in [1.807, 2.05) is 11.8 Å². The molecule has 1 aromatic rings. The van der Waals surface area contributed by atoms with E-state index in [1.54, 1.807) is 13.1 Å². The number of aromatic nitrogens is 1. The van der Waals surface area contributed by atoms with Crippen molar-refractivity contribution in [3.63, 3.8) is 0 Å². The van der Waals surface area contributed by atoms with Crippen LogP contribution in [0.3, 0.4) is 0 Å². The molecule has 2 N–H and O–H groups in total. The Morgan fingerprint density at radius 2 is 2.25 bits per heavy atom. The van der Waals surface area contributed by atoms with Crippen LogP contribution >= 0.6 is 0 Å². The Bertz CT molecular complexity index is 530. The Hall–Kier alpha value is -2.11. The van der Waals surface area contributed by atoms with E-state index in [-0.39, 0.29) is 17.4 Å². The summed E-state index contributed by atoms with van der Waals surface area (Å²) in [6.07, 6.45) is 3.09. The van der Waals surface area contributed by atoms with Crippen LogP contribution in [0.4, 0.5) is 5.69 Å². The zero-order valence-corrected chi connectivity index (χ0v) is 11.7. The fourth-order valence-electron chi connectivity index (χ4n) is 2.59. The number of carboxylic acid groups (broad SMARTS) is 1. The van der Waals surface area contributed by atoms with Crippen LogP contribution in [0.15, 0.2) is 12.3 Å². The number of nitrogens with zero attached hydrogens (tertiary/aromatic N) is 2. The van der Waals surface area contributed by atoms with Gasteiger partial charge in [-0.05, 0) is 25.8 Å². The zero-order valence-electron chi connectivity index (χ0n) is 11.7. The lowest BCUT2D eigenvalue weighted by Gasteiger charge is -2.34. The molecule has 1 aliphatic heterocycles. The molecule has 2 rings (SSSR count). The maximum atomic E-state index is 11.8. The second-order valence-corrected chi connectivity index (χ2v) is 5.05. The van der Waals surface area contributed by atoms with Crippen molar-refractivity contribution in [3.05, 3.63) is 23.5 Å². The van der Waals surface area contributed by atoms with E-state index in [1.165, 1.54) is 6.20 Å². The number of aromatic carboxylic acids is 1. The summed E-state index contributed by atoms with van der Waals surface area (Å²) in [5.74, 6) is -1.07. The minimum atomic E-state index is -0.991. The van der Waals surface area contributed by atoms with E-state index >= 15 is 0 Å². The number of rotatable bonds is 3. The molecule has 1 saturated heterocycles. The van der Waals surface area contributed by atoms with Gasteiger partial charge in [0.2, 0.25) is 5.91 Å². The summed E-state index contributed by atoms with van der Waals surface area (Å²) in [5.41, 5.74) is 1.61. The lowest BCUT2D eigenvalue weighted by Crippen LogP contribution is -2.42. The van der Waals surface area contributed by atoms with E-state index in [4.69, 9.17) is 0 Å². The Balaban J connectivity index is 2.28. The molecule has 2 heterocycles. The molecule has 1 atom stereocenters. The normalized spacial score (nSPS) is 18.7. The number of pyridine rings is 1. The predicted molar refractivity (Wildman–Crippen MR) is 74.9 cm³/mol. The number of hydrogen-bond donors (Lipinski definition) is 2. The van der Waals surface area contributed by atoms with Gasteiger partial charge in [-0.1, -0.05) is 0 Å². The molecule has 1 fully saturated rings. The molecule has 20 heavy (non-hydrogen) atoms. The molecule has 0 aromatic carbocycles. The molecule has 1 unspecified atom stereocenters. The van der Waals surface area contributed by atoms with Gasteiger partial charge < -0.3 is 15.3 Å². The highest BCUT2D eigenvalue weighted by Gasteiger charge is 2.27. The maximum absolute atomic E-state index is 11.8. The molecule has 0 radical (unpaired) electrons. The molecule has 0 bridgehead atoms. The van der Waals surface area contributed by atoms with Crippen LogP contribution in [0.5, 0.6) is 0 Å². The van der Waals surface area contributed by atoms with Crippen molar-refractivity contribution in [1.82, 2.24) is 10.3 Å². The molecule has 0 aliphatic carbocycles. The minimum absolute atomic E-state index is 0.0114. The summed E-state index contributed by atoms with van der Waals surface area (Å²) in [7, 11) is 1.63. The zero-order chi connectivity index (χ0) is 14.7. The largest absolute Gasteiger partial charge is 0.478 e. The first-order chi connectivity index (χ1) is 9.52. The van der Waals surface area contributed by atoms with Crippen LogP contribution in [0, 0.1) is 12.8 Å². The van der Waals surface area contributed by atoms with Crippen LogP contribution < -0.4 is 10.2 Å². The van der Waals surface area contributed by atoms with Crippen molar-refractivity contribution < 1.29 is 14.7 Å². The molecule has 0 saturated carbocycles. The first-order valence-electron chi connectivity index (χ1n) is 6.69. The Morgan fingerprint density at radius 1 is 1.50 bits per heavy atom. The number of anilines is 1. The quantitative estimate of drug-likeness (QED) is 0.863. The average Bonchev–Trinajstić information content (AvgIpc) is 2.46. The van der Waals surface area contributed by atoms with Gasteiger partial charge in [-0.2, -0.15) is 0 Å². The number of nitrogens with one attached hydrogen (secondary N) is 1. The summed E-state index contributed by atoms with van der Waals surface area (Å²) < 4.78 is 0. The molecular weight excluding hydrogens is 258 g/mol. The van der Waals surface area contributed by atoms with E-state index in [0.717, 1.165) is 25.1 Å². The first-order valence-corrected chi connectivity index (χ1v) is 6.69. The number of hydrogen-bond acceptors (Lipinski definition) is 4. The Labute approximate surface area is 117 Å². The average molecular weight is 277 g/mol. The third-order valence-corrected chi connectivity index (χ3v) is 3.63. The number of carbonyl (C=O) groups excluding carboxylic acids is 1. The van der Waals surface area contributed by atoms with Crippen LogP contribution in [-0.2, 0) is 4.79 Å². The van der Waals surface area contributed by atoms with Crippen LogP contribution in [-0.4, -0.2) is 42.1 Å². The van der Waals surface area contributed by atoms with Gasteiger partial charge in [0.1, 0.15) is 5.56 Å². The summed E-state index contributed by atoms with van der Waals surface area (Å²) in [6, 6.07) is 1.77. The molecule has 1 amide bonds. The van der Waals surface area contributed by atoms with E-state index in [2.05, 4.69) is 10.3 Å². The van der Waals surface area contributed by atoms with E-state index < -0.39 is 5.97 Å². The smallest absolute Gasteiger partial charge is 0.339 e. The monoisotopic (exact) mass is 277 g/mol. The molecule has 6 nitrogen and oxygen atoms in total. The standard InChI is InChI=1S/C14H19N3O3/c1-9-6-12(11(7-16-9)14(19)20)17-5-3-4-10(8-17)13(18)15-2/h6-7,10H,3-5,8H2,1-2H3,(H,15,18)(H,19,20). The second kappa shape index (κ2) is 5.90. The van der Waals surface area contributed by atoms with Crippen molar-refractivity contribution in [2.24, 2.45) is 5.92 Å². The van der Waals surface area contributed by atoms with Gasteiger partial charge in [0.05, 0.1) is 11.6 Å². The Morgan fingerprint density at radius 3 is 2.90 bits per heavy atom. The van der Waals surface area contributed by atoms with Gasteiger partial charge in [-0.15, -0.1) is 0 Å². The third-order valence-electron chi connectivity index (χ3n) is 3.63. The maximum Gasteiger partial charge on any atom is 0.339 e. The number of aryl methyl sites for hydroxylation is 1. The van der Waals surface area contributed by atoms with Crippen LogP contribution in [0.1, 0.15) is 28.9 Å². The number of piperidine rings is 1. The van der Waals surface area contributed by atoms with Gasteiger partial charge in [0, 0.05) is 32.0 Å². The minimum Gasteiger partial charge on any atom is -0.478 e. The topological polar surface area (TPSA) is 82.5 Å². The van der Waals surface area contributed by atoms with Gasteiger partial charge in [-0.25, -0.2) is 4.79 Å². The van der Waals surface area contributed by atoms with Gasteiger partial charge in [-0.3, -0.25) is 9.78 Å². The predicted octanol–water partition coefficient (Wildman–Crippen LogP) is 1.05.